The van der Waals surface area contributed by atoms with Crippen LogP contribution in [0.2, 0.25) is 0 Å². The molecule has 2 aromatic rings. The molecule has 3 N–H and O–H groups in total. The standard InChI is InChI=1S/C24H32BN5O5/c1-16(2)11-21(25-30(14-22(31)35-25)17(3)15-34-25)29-23(32)19(12-18-7-5-4-6-8-18)28-24(33)20-13-26-9-10-27-20/h4-10,13,16-17,19,21,30H,11-12,14-15H2,1-3H3,(H,28,33)(H,29,32)/t17-,19-,21-,25?/m0/s1. The molecule has 2 amide bonds. The van der Waals surface area contributed by atoms with Crippen LogP contribution < -0.4 is 15.4 Å². The van der Waals surface area contributed by atoms with Gasteiger partial charge in [-0.3, -0.25) is 19.4 Å². The molecule has 0 spiro atoms. The number of fused-ring (bicyclic) bond motifs is 1. The number of hydrogen-bond acceptors (Lipinski definition) is 7. The van der Waals surface area contributed by atoms with E-state index in [1.165, 1.54) is 18.6 Å². The van der Waals surface area contributed by atoms with E-state index < -0.39 is 24.6 Å². The molecule has 0 radical (unpaired) electrons. The van der Waals surface area contributed by atoms with Crippen LogP contribution in [0.15, 0.2) is 48.9 Å². The number of carbonyl (C=O) groups excluding carboxylic acids is 3. The number of rotatable bonds is 9. The first kappa shape index (κ1) is 24.8. The predicted molar refractivity (Wildman–Crippen MR) is 128 cm³/mol. The molecule has 3 heterocycles. The van der Waals surface area contributed by atoms with Crippen molar-refractivity contribution in [1.82, 2.24) is 20.6 Å². The van der Waals surface area contributed by atoms with Crippen LogP contribution in [0.25, 0.3) is 0 Å². The summed E-state index contributed by atoms with van der Waals surface area (Å²) in [4.78, 5) is 47.7. The molecule has 0 bridgehead atoms. The van der Waals surface area contributed by atoms with E-state index in [4.69, 9.17) is 9.31 Å². The number of quaternary nitrogens is 1. The molecule has 2 aliphatic heterocycles. The molecule has 5 atom stereocenters. The Kier molecular flexibility index (Phi) is 7.46. The maximum absolute atomic E-state index is 13.7. The first-order valence-electron chi connectivity index (χ1n) is 12.1. The van der Waals surface area contributed by atoms with Gasteiger partial charge in [0, 0.05) is 24.8 Å². The van der Waals surface area contributed by atoms with Crippen LogP contribution in [0.3, 0.4) is 0 Å². The Hall–Kier alpha value is -3.31. The summed E-state index contributed by atoms with van der Waals surface area (Å²) >= 11 is 0. The van der Waals surface area contributed by atoms with E-state index in [9.17, 15) is 14.4 Å². The molecule has 10 nitrogen and oxygen atoms in total. The summed E-state index contributed by atoms with van der Waals surface area (Å²) in [6.07, 6.45) is 5.09. The monoisotopic (exact) mass is 481 g/mol. The molecule has 2 aliphatic rings. The Balaban J connectivity index is 1.58. The van der Waals surface area contributed by atoms with Gasteiger partial charge in [-0.05, 0) is 18.4 Å². The van der Waals surface area contributed by atoms with Crippen molar-refractivity contribution in [3.63, 3.8) is 0 Å². The lowest BCUT2D eigenvalue weighted by molar-refractivity contribution is -0.807. The Bertz CT molecular complexity index is 1060. The van der Waals surface area contributed by atoms with Gasteiger partial charge in [0.2, 0.25) is 5.91 Å². The van der Waals surface area contributed by atoms with Crippen molar-refractivity contribution in [3.05, 3.63) is 60.2 Å². The number of benzene rings is 1. The highest BCUT2D eigenvalue weighted by Crippen LogP contribution is 2.22. The van der Waals surface area contributed by atoms with Crippen LogP contribution in [0.1, 0.15) is 43.2 Å². The first-order valence-corrected chi connectivity index (χ1v) is 12.1. The molecular weight excluding hydrogens is 449 g/mol. The van der Waals surface area contributed by atoms with Gasteiger partial charge in [-0.15, -0.1) is 0 Å². The lowest BCUT2D eigenvalue weighted by Gasteiger charge is -2.40. The fourth-order valence-corrected chi connectivity index (χ4v) is 5.03. The molecule has 35 heavy (non-hydrogen) atoms. The van der Waals surface area contributed by atoms with Crippen LogP contribution in [-0.2, 0) is 25.3 Å². The minimum Gasteiger partial charge on any atom is -0.610 e. The van der Waals surface area contributed by atoms with E-state index in [1.807, 2.05) is 51.1 Å². The summed E-state index contributed by atoms with van der Waals surface area (Å²) in [7, 11) is 0. The number of nitrogens with zero attached hydrogens (tertiary/aromatic N) is 2. The summed E-state index contributed by atoms with van der Waals surface area (Å²) in [6, 6.07) is 8.64. The van der Waals surface area contributed by atoms with Gasteiger partial charge in [-0.1, -0.05) is 50.6 Å². The zero-order valence-electron chi connectivity index (χ0n) is 20.3. The Morgan fingerprint density at radius 2 is 1.97 bits per heavy atom. The summed E-state index contributed by atoms with van der Waals surface area (Å²) in [6.45, 7) is 4.64. The minimum atomic E-state index is -2.11. The summed E-state index contributed by atoms with van der Waals surface area (Å²) in [5.41, 5.74) is 1.01. The minimum absolute atomic E-state index is 0.0736. The van der Waals surface area contributed by atoms with Crippen molar-refractivity contribution in [2.45, 2.75) is 51.6 Å². The van der Waals surface area contributed by atoms with Crippen molar-refractivity contribution in [3.8, 4) is 0 Å². The van der Waals surface area contributed by atoms with Gasteiger partial charge >= 0.3 is 12.7 Å². The zero-order valence-corrected chi connectivity index (χ0v) is 20.3. The third kappa shape index (κ3) is 5.52. The lowest BCUT2D eigenvalue weighted by Crippen LogP contribution is -3.24. The van der Waals surface area contributed by atoms with Crippen LogP contribution in [0, 0.1) is 5.92 Å². The highest BCUT2D eigenvalue weighted by molar-refractivity contribution is 6.64. The molecule has 0 saturated carbocycles. The predicted octanol–water partition coefficient (Wildman–Crippen LogP) is -0.313. The number of amides is 2. The van der Waals surface area contributed by atoms with E-state index in [0.717, 1.165) is 10.4 Å². The average molecular weight is 481 g/mol. The third-order valence-corrected chi connectivity index (χ3v) is 6.68. The van der Waals surface area contributed by atoms with Gasteiger partial charge < -0.3 is 24.8 Å². The summed E-state index contributed by atoms with van der Waals surface area (Å²) in [5.74, 6) is -1.52. The molecule has 2 fully saturated rings. The number of aromatic nitrogens is 2. The third-order valence-electron chi connectivity index (χ3n) is 6.68. The van der Waals surface area contributed by atoms with Crippen molar-refractivity contribution in [1.29, 1.82) is 0 Å². The van der Waals surface area contributed by atoms with Gasteiger partial charge in [0.05, 0.1) is 18.8 Å². The quantitative estimate of drug-likeness (QED) is 0.420. The molecule has 1 aromatic heterocycles. The fourth-order valence-electron chi connectivity index (χ4n) is 5.03. The Morgan fingerprint density at radius 1 is 1.20 bits per heavy atom. The van der Waals surface area contributed by atoms with Gasteiger partial charge in [-0.2, -0.15) is 0 Å². The largest absolute Gasteiger partial charge is 0.610 e. The van der Waals surface area contributed by atoms with E-state index in [1.54, 1.807) is 0 Å². The van der Waals surface area contributed by atoms with Crippen molar-refractivity contribution >= 4 is 24.5 Å². The summed E-state index contributed by atoms with van der Waals surface area (Å²) in [5, 5.41) is 5.89. The van der Waals surface area contributed by atoms with Crippen LogP contribution in [0.5, 0.6) is 0 Å². The van der Waals surface area contributed by atoms with Gasteiger partial charge in [0.25, 0.3) is 5.91 Å². The maximum Gasteiger partial charge on any atom is 0.548 e. The number of carbonyl (C=O) groups is 3. The smallest absolute Gasteiger partial charge is 0.548 e. The molecule has 0 aliphatic carbocycles. The highest BCUT2D eigenvalue weighted by atomic mass is 16.7. The van der Waals surface area contributed by atoms with Crippen LogP contribution >= 0.6 is 0 Å². The molecule has 4 rings (SSSR count). The van der Waals surface area contributed by atoms with Crippen molar-refractivity contribution < 1.29 is 28.5 Å². The van der Waals surface area contributed by atoms with Gasteiger partial charge in [0.15, 0.2) is 0 Å². The second-order valence-electron chi connectivity index (χ2n) is 9.80. The molecule has 1 aromatic carbocycles. The number of nitrogens with one attached hydrogen (secondary N) is 3. The first-order chi connectivity index (χ1) is 16.8. The lowest BCUT2D eigenvalue weighted by atomic mass is 9.59. The normalized spacial score (nSPS) is 25.0. The van der Waals surface area contributed by atoms with Crippen LogP contribution in [-0.4, -0.2) is 65.6 Å². The van der Waals surface area contributed by atoms with E-state index in [-0.39, 0.29) is 42.5 Å². The Morgan fingerprint density at radius 3 is 2.66 bits per heavy atom. The molecule has 11 heteroatoms. The van der Waals surface area contributed by atoms with E-state index in [2.05, 4.69) is 20.6 Å². The Labute approximate surface area is 204 Å². The van der Waals surface area contributed by atoms with Gasteiger partial charge in [-0.25, -0.2) is 4.98 Å². The van der Waals surface area contributed by atoms with Crippen molar-refractivity contribution in [2.24, 2.45) is 5.92 Å². The summed E-state index contributed by atoms with van der Waals surface area (Å²) < 4.78 is 11.9. The second-order valence-corrected chi connectivity index (χ2v) is 9.80. The van der Waals surface area contributed by atoms with E-state index in [0.29, 0.717) is 13.0 Å². The SMILES string of the molecule is CC(C)C[C@H](NC(=O)[C@H](Cc1ccccc1)NC(=O)c1cnccn1)[B-]12OC[C@H](C)[NH+]1CC(=O)O2. The average Bonchev–Trinajstić information content (AvgIpc) is 3.34. The van der Waals surface area contributed by atoms with Crippen LogP contribution in [0.4, 0.5) is 0 Å². The molecule has 2 saturated heterocycles. The molecule has 2 unspecified atom stereocenters. The topological polar surface area (TPSA) is 124 Å². The van der Waals surface area contributed by atoms with Crippen molar-refractivity contribution in [2.75, 3.05) is 13.2 Å². The second kappa shape index (κ2) is 10.5. The fraction of sp³-hybridized carbons (Fsp3) is 0.458. The number of hydrogen-bond donors (Lipinski definition) is 3. The zero-order chi connectivity index (χ0) is 25.0. The molecule has 186 valence electrons. The maximum atomic E-state index is 13.7. The van der Waals surface area contributed by atoms with E-state index >= 15 is 0 Å². The molecular formula is C24H32BN5O5. The highest BCUT2D eigenvalue weighted by Gasteiger charge is 2.62. The van der Waals surface area contributed by atoms with Gasteiger partial charge in [0.1, 0.15) is 18.3 Å².